The molecule has 7 nitrogen and oxygen atoms in total. The van der Waals surface area contributed by atoms with E-state index in [0.29, 0.717) is 21.3 Å². The zero-order valence-electron chi connectivity index (χ0n) is 20.5. The van der Waals surface area contributed by atoms with Crippen LogP contribution in [0.15, 0.2) is 58.7 Å². The van der Waals surface area contributed by atoms with E-state index in [9.17, 15) is 13.2 Å². The normalized spacial score (nSPS) is 13.6. The van der Waals surface area contributed by atoms with E-state index in [4.69, 9.17) is 27.6 Å². The molecule has 0 saturated heterocycles. The van der Waals surface area contributed by atoms with Crippen LogP contribution in [0, 0.1) is 0 Å². The number of pyridine rings is 1. The first-order chi connectivity index (χ1) is 16.1. The fourth-order valence-corrected chi connectivity index (χ4v) is 4.98. The molecular formula is C24H29Cl2N3O4SSi. The summed E-state index contributed by atoms with van der Waals surface area (Å²) in [4.78, 5) is 21.2. The molecule has 35 heavy (non-hydrogen) atoms. The molecule has 0 spiro atoms. The molecular weight excluding hydrogens is 525 g/mol. The van der Waals surface area contributed by atoms with Crippen LogP contribution in [0.5, 0.6) is 0 Å². The van der Waals surface area contributed by atoms with Crippen molar-refractivity contribution >= 4 is 41.4 Å². The zero-order valence-corrected chi connectivity index (χ0v) is 23.9. The summed E-state index contributed by atoms with van der Waals surface area (Å²) in [5.41, 5.74) is 1.32. The molecule has 3 aromatic rings. The Morgan fingerprint density at radius 1 is 1.09 bits per heavy atom. The van der Waals surface area contributed by atoms with Crippen molar-refractivity contribution in [2.75, 3.05) is 12.9 Å². The molecule has 0 saturated carbocycles. The third-order valence-corrected chi connectivity index (χ3v) is 12.4. The van der Waals surface area contributed by atoms with Crippen molar-refractivity contribution in [1.29, 1.82) is 0 Å². The molecule has 0 unspecified atom stereocenters. The van der Waals surface area contributed by atoms with Crippen LogP contribution in [-0.4, -0.2) is 44.1 Å². The predicted molar refractivity (Wildman–Crippen MR) is 143 cm³/mol. The minimum absolute atomic E-state index is 0.00561. The highest BCUT2D eigenvalue weighted by Gasteiger charge is 2.38. The van der Waals surface area contributed by atoms with Crippen molar-refractivity contribution in [2.24, 2.45) is 0 Å². The van der Waals surface area contributed by atoms with Crippen LogP contribution in [-0.2, 0) is 14.3 Å². The van der Waals surface area contributed by atoms with Gasteiger partial charge in [-0.3, -0.25) is 4.79 Å². The molecule has 188 valence electrons. The molecule has 0 radical (unpaired) electrons. The highest BCUT2D eigenvalue weighted by atomic mass is 35.5. The Kier molecular flexibility index (Phi) is 7.98. The third kappa shape index (κ3) is 6.40. The van der Waals surface area contributed by atoms with Crippen molar-refractivity contribution in [3.8, 4) is 11.3 Å². The summed E-state index contributed by atoms with van der Waals surface area (Å²) < 4.78 is 31.7. The van der Waals surface area contributed by atoms with Crippen molar-refractivity contribution in [2.45, 2.75) is 50.1 Å². The van der Waals surface area contributed by atoms with Gasteiger partial charge in [-0.05, 0) is 48.0 Å². The second-order valence-electron chi connectivity index (χ2n) is 9.92. The Balaban J connectivity index is 2.05. The minimum atomic E-state index is -3.58. The van der Waals surface area contributed by atoms with E-state index in [1.165, 1.54) is 12.3 Å². The number of benzene rings is 1. The molecule has 0 bridgehead atoms. The first-order valence-corrected chi connectivity index (χ1v) is 16.5. The Bertz CT molecular complexity index is 1400. The lowest BCUT2D eigenvalue weighted by Crippen LogP contribution is -2.43. The fourth-order valence-electron chi connectivity index (χ4n) is 3.15. The average Bonchev–Trinajstić information content (AvgIpc) is 2.75. The molecule has 0 aliphatic rings. The van der Waals surface area contributed by atoms with Crippen molar-refractivity contribution in [3.05, 3.63) is 74.8 Å². The molecule has 0 fully saturated rings. The number of hydrogen-bond donors (Lipinski definition) is 0. The van der Waals surface area contributed by atoms with Crippen LogP contribution in [0.3, 0.4) is 0 Å². The summed E-state index contributed by atoms with van der Waals surface area (Å²) in [7, 11) is -5.70. The lowest BCUT2D eigenvalue weighted by atomic mass is 10.1. The van der Waals surface area contributed by atoms with Gasteiger partial charge in [-0.2, -0.15) is 0 Å². The van der Waals surface area contributed by atoms with Crippen LogP contribution < -0.4 is 5.56 Å². The van der Waals surface area contributed by atoms with Gasteiger partial charge < -0.3 is 8.99 Å². The van der Waals surface area contributed by atoms with Crippen molar-refractivity contribution in [1.82, 2.24) is 14.5 Å². The lowest BCUT2D eigenvalue weighted by Gasteiger charge is -2.37. The van der Waals surface area contributed by atoms with Gasteiger partial charge in [-0.15, -0.1) is 0 Å². The average molecular weight is 555 g/mol. The lowest BCUT2D eigenvalue weighted by molar-refractivity contribution is 0.246. The number of aromatic nitrogens is 3. The summed E-state index contributed by atoms with van der Waals surface area (Å²) in [6, 6.07) is 9.52. The molecule has 0 aliphatic heterocycles. The highest BCUT2D eigenvalue weighted by Crippen LogP contribution is 2.37. The van der Waals surface area contributed by atoms with E-state index in [0.717, 1.165) is 11.8 Å². The van der Waals surface area contributed by atoms with Crippen molar-refractivity contribution in [3.63, 3.8) is 0 Å². The van der Waals surface area contributed by atoms with E-state index in [1.807, 2.05) is 6.07 Å². The quantitative estimate of drug-likeness (QED) is 0.278. The molecule has 0 N–H and O–H groups in total. The van der Waals surface area contributed by atoms with Crippen LogP contribution >= 0.6 is 23.2 Å². The summed E-state index contributed by atoms with van der Waals surface area (Å²) in [5.74, 6) is 0. The molecule has 3 rings (SSSR count). The Labute approximate surface area is 217 Å². The summed E-state index contributed by atoms with van der Waals surface area (Å²) >= 11 is 12.4. The number of rotatable bonds is 7. The van der Waals surface area contributed by atoms with Crippen LogP contribution in [0.1, 0.15) is 32.4 Å². The van der Waals surface area contributed by atoms with E-state index >= 15 is 0 Å². The second kappa shape index (κ2) is 10.1. The fraction of sp³-hybridized carbons (Fsp3) is 0.375. The van der Waals surface area contributed by atoms with Gasteiger partial charge in [0.05, 0.1) is 28.4 Å². The number of halogens is 2. The maximum Gasteiger partial charge on any atom is 0.251 e. The first-order valence-electron chi connectivity index (χ1n) is 10.9. The monoisotopic (exact) mass is 553 g/mol. The van der Waals surface area contributed by atoms with Gasteiger partial charge in [0.1, 0.15) is 0 Å². The van der Waals surface area contributed by atoms with E-state index in [1.54, 1.807) is 35.0 Å². The number of sulfone groups is 1. The smallest absolute Gasteiger partial charge is 0.251 e. The Morgan fingerprint density at radius 2 is 1.77 bits per heavy atom. The van der Waals surface area contributed by atoms with Gasteiger partial charge in [0.2, 0.25) is 15.0 Å². The maximum atomic E-state index is 13.3. The zero-order chi connectivity index (χ0) is 26.2. The topological polar surface area (TPSA) is 91.2 Å². The highest BCUT2D eigenvalue weighted by molar-refractivity contribution is 7.90. The Morgan fingerprint density at radius 3 is 2.34 bits per heavy atom. The number of nitrogens with zero attached hydrogens (tertiary/aromatic N) is 3. The Hall–Kier alpha value is -2.04. The van der Waals surface area contributed by atoms with E-state index in [-0.39, 0.29) is 22.4 Å². The predicted octanol–water partition coefficient (Wildman–Crippen LogP) is 5.63. The van der Waals surface area contributed by atoms with Gasteiger partial charge in [0, 0.05) is 30.3 Å². The van der Waals surface area contributed by atoms with Gasteiger partial charge in [0.25, 0.3) is 5.56 Å². The van der Waals surface area contributed by atoms with Crippen LogP contribution in [0.4, 0.5) is 0 Å². The second-order valence-corrected chi connectivity index (χ2v) is 17.5. The first kappa shape index (κ1) is 27.5. The SMILES string of the molecule is CC(C)(C)[Si](C)(C)OC[C@H](c1ccc(Cl)c(Cl)c1)n1ccc(-c2ccnc(S(C)(=O)=O)n2)cc1=O. The van der Waals surface area contributed by atoms with Gasteiger partial charge >= 0.3 is 0 Å². The number of hydrogen-bond acceptors (Lipinski definition) is 6. The third-order valence-electron chi connectivity index (χ3n) is 6.28. The van der Waals surface area contributed by atoms with Gasteiger partial charge in [0.15, 0.2) is 8.32 Å². The molecule has 2 heterocycles. The van der Waals surface area contributed by atoms with Gasteiger partial charge in [-0.1, -0.05) is 50.0 Å². The van der Waals surface area contributed by atoms with Crippen LogP contribution in [0.25, 0.3) is 11.3 Å². The summed E-state index contributed by atoms with van der Waals surface area (Å²) in [6.07, 6.45) is 4.05. The molecule has 2 aromatic heterocycles. The maximum absolute atomic E-state index is 13.3. The molecule has 1 atom stereocenters. The molecule has 0 aliphatic carbocycles. The molecule has 0 amide bonds. The summed E-state index contributed by atoms with van der Waals surface area (Å²) in [6.45, 7) is 11.0. The van der Waals surface area contributed by atoms with Gasteiger partial charge in [-0.25, -0.2) is 18.4 Å². The standard InChI is InChI=1S/C24H29Cl2N3O4SSi/c1-24(2,3)35(5,6)33-15-21(17-7-8-18(25)19(26)13-17)29-12-10-16(14-22(29)30)20-9-11-27-23(28-20)34(4,31)32/h7-14,21H,15H2,1-6H3/t21-/m1/s1. The minimum Gasteiger partial charge on any atom is -0.414 e. The molecule has 1 aromatic carbocycles. The van der Waals surface area contributed by atoms with E-state index < -0.39 is 24.2 Å². The largest absolute Gasteiger partial charge is 0.414 e. The van der Waals surface area contributed by atoms with Crippen molar-refractivity contribution < 1.29 is 12.8 Å². The van der Waals surface area contributed by atoms with Crippen LogP contribution in [0.2, 0.25) is 28.2 Å². The molecule has 11 heteroatoms. The summed E-state index contributed by atoms with van der Waals surface area (Å²) in [5, 5.41) is 0.512. The van der Waals surface area contributed by atoms with E-state index in [2.05, 4.69) is 43.8 Å².